The molecule has 4 atom stereocenters. The maximum Gasteiger partial charge on any atom is 0.211 e. The number of sulfonamides is 1. The van der Waals surface area contributed by atoms with E-state index in [-0.39, 0.29) is 5.75 Å². The first-order valence-corrected chi connectivity index (χ1v) is 12.4. The lowest BCUT2D eigenvalue weighted by molar-refractivity contribution is 0.0306. The topological polar surface area (TPSA) is 67.2 Å². The van der Waals surface area contributed by atoms with Crippen LogP contribution in [-0.4, -0.2) is 54.5 Å². The Morgan fingerprint density at radius 1 is 1.26 bits per heavy atom. The van der Waals surface area contributed by atoms with Crippen LogP contribution < -0.4 is 4.72 Å². The smallest absolute Gasteiger partial charge is 0.211 e. The number of hydrogen-bond donors (Lipinski definition) is 1. The summed E-state index contributed by atoms with van der Waals surface area (Å²) >= 11 is 0. The largest absolute Gasteiger partial charge is 0.298 e. The van der Waals surface area contributed by atoms with E-state index in [1.54, 1.807) is 0 Å². The summed E-state index contributed by atoms with van der Waals surface area (Å²) in [5, 5.41) is 4.87. The third-order valence-electron chi connectivity index (χ3n) is 6.98. The molecule has 7 heteroatoms. The van der Waals surface area contributed by atoms with E-state index >= 15 is 0 Å². The van der Waals surface area contributed by atoms with Crippen molar-refractivity contribution in [3.63, 3.8) is 0 Å². The van der Waals surface area contributed by atoms with Crippen molar-refractivity contribution in [2.45, 2.75) is 69.7 Å². The SMILES string of the molecule is CCCS(=O)(=O)NC[C@H]1C[C@H]2CCN1C[C@@H]2c1cc(C2CCCC2)nn1C. The Kier molecular flexibility index (Phi) is 5.63. The molecule has 1 aromatic rings. The lowest BCUT2D eigenvalue weighted by Crippen LogP contribution is -2.56. The third kappa shape index (κ3) is 4.10. The predicted molar refractivity (Wildman–Crippen MR) is 107 cm³/mol. The molecule has 6 nitrogen and oxygen atoms in total. The molecule has 152 valence electrons. The van der Waals surface area contributed by atoms with Gasteiger partial charge in [0.2, 0.25) is 10.0 Å². The van der Waals surface area contributed by atoms with E-state index in [1.165, 1.54) is 43.5 Å². The van der Waals surface area contributed by atoms with Crippen LogP contribution in [0.1, 0.15) is 75.1 Å². The lowest BCUT2D eigenvalue weighted by atomic mass is 9.74. The van der Waals surface area contributed by atoms with Crippen LogP contribution in [0.2, 0.25) is 0 Å². The molecular formula is C20H34N4O2S. The van der Waals surface area contributed by atoms with Gasteiger partial charge in [-0.05, 0) is 50.6 Å². The average molecular weight is 395 g/mol. The lowest BCUT2D eigenvalue weighted by Gasteiger charge is -2.50. The molecule has 1 aromatic heterocycles. The van der Waals surface area contributed by atoms with E-state index in [2.05, 4.69) is 27.4 Å². The van der Waals surface area contributed by atoms with Gasteiger partial charge in [0.1, 0.15) is 0 Å². The number of piperidine rings is 3. The summed E-state index contributed by atoms with van der Waals surface area (Å²) in [4.78, 5) is 2.50. The zero-order chi connectivity index (χ0) is 19.0. The van der Waals surface area contributed by atoms with Crippen molar-refractivity contribution >= 4 is 10.0 Å². The van der Waals surface area contributed by atoms with E-state index in [0.29, 0.717) is 36.8 Å². The van der Waals surface area contributed by atoms with Crippen molar-refractivity contribution < 1.29 is 8.42 Å². The van der Waals surface area contributed by atoms with E-state index in [9.17, 15) is 8.42 Å². The quantitative estimate of drug-likeness (QED) is 0.772. The van der Waals surface area contributed by atoms with E-state index in [4.69, 9.17) is 5.10 Å². The van der Waals surface area contributed by atoms with Crippen molar-refractivity contribution in [3.8, 4) is 0 Å². The Labute approximate surface area is 163 Å². The van der Waals surface area contributed by atoms with Crippen molar-refractivity contribution in [2.24, 2.45) is 13.0 Å². The Morgan fingerprint density at radius 2 is 2.04 bits per heavy atom. The molecule has 0 amide bonds. The van der Waals surface area contributed by atoms with Crippen LogP contribution in [0.25, 0.3) is 0 Å². The molecule has 4 heterocycles. The van der Waals surface area contributed by atoms with Crippen molar-refractivity contribution in [1.29, 1.82) is 0 Å². The molecule has 4 aliphatic rings. The molecule has 27 heavy (non-hydrogen) atoms. The number of aryl methyl sites for hydroxylation is 1. The van der Waals surface area contributed by atoms with Crippen molar-refractivity contribution in [3.05, 3.63) is 17.5 Å². The third-order valence-corrected chi connectivity index (χ3v) is 8.53. The highest BCUT2D eigenvalue weighted by Gasteiger charge is 2.42. The summed E-state index contributed by atoms with van der Waals surface area (Å²) in [5.74, 6) is 2.06. The number of aromatic nitrogens is 2. The summed E-state index contributed by atoms with van der Waals surface area (Å²) in [7, 11) is -1.02. The number of rotatable bonds is 7. The second-order valence-corrected chi connectivity index (χ2v) is 10.7. The standard InChI is InChI=1S/C20H34N4O2S/c1-3-10-27(25,26)21-13-17-11-16-8-9-24(17)14-18(16)20-12-19(22-23(20)2)15-6-4-5-7-15/h12,15-18,21H,3-11,13-14H2,1-2H3/t16-,17-,18+/m1/s1. The fraction of sp³-hybridized carbons (Fsp3) is 0.850. The molecule has 0 aromatic carbocycles. The predicted octanol–water partition coefficient (Wildman–Crippen LogP) is 2.58. The van der Waals surface area contributed by atoms with Gasteiger partial charge < -0.3 is 0 Å². The van der Waals surface area contributed by atoms with Gasteiger partial charge in [-0.3, -0.25) is 9.58 Å². The average Bonchev–Trinajstić information content (AvgIpc) is 3.30. The Hall–Kier alpha value is -0.920. The number of nitrogens with zero attached hydrogens (tertiary/aromatic N) is 3. The first-order chi connectivity index (χ1) is 13.0. The minimum Gasteiger partial charge on any atom is -0.298 e. The fourth-order valence-corrected chi connectivity index (χ4v) is 6.65. The normalized spacial score (nSPS) is 31.6. The van der Waals surface area contributed by atoms with Gasteiger partial charge in [-0.15, -0.1) is 0 Å². The van der Waals surface area contributed by atoms with Crippen LogP contribution in [0.15, 0.2) is 6.07 Å². The van der Waals surface area contributed by atoms with Crippen LogP contribution in [-0.2, 0) is 17.1 Å². The molecule has 2 bridgehead atoms. The van der Waals surface area contributed by atoms with E-state index in [0.717, 1.165) is 19.5 Å². The summed E-state index contributed by atoms with van der Waals surface area (Å²) in [6, 6.07) is 2.72. The summed E-state index contributed by atoms with van der Waals surface area (Å²) < 4.78 is 29.0. The van der Waals surface area contributed by atoms with Gasteiger partial charge >= 0.3 is 0 Å². The molecule has 3 aliphatic heterocycles. The van der Waals surface area contributed by atoms with Crippen LogP contribution in [0, 0.1) is 5.92 Å². The van der Waals surface area contributed by atoms with Gasteiger partial charge in [-0.2, -0.15) is 5.10 Å². The van der Waals surface area contributed by atoms with Crippen LogP contribution in [0.5, 0.6) is 0 Å². The molecule has 0 radical (unpaired) electrons. The number of fused-ring (bicyclic) bond motifs is 3. The Balaban J connectivity index is 1.42. The fourth-order valence-electron chi connectivity index (χ4n) is 5.52. The second kappa shape index (κ2) is 7.84. The van der Waals surface area contributed by atoms with Crippen molar-refractivity contribution in [1.82, 2.24) is 19.4 Å². The van der Waals surface area contributed by atoms with E-state index < -0.39 is 10.0 Å². The summed E-state index contributed by atoms with van der Waals surface area (Å²) in [6.45, 7) is 4.59. The first kappa shape index (κ1) is 19.4. The molecule has 5 rings (SSSR count). The van der Waals surface area contributed by atoms with Gasteiger partial charge in [-0.25, -0.2) is 13.1 Å². The molecule has 1 aliphatic carbocycles. The maximum absolute atomic E-state index is 12.0. The molecule has 0 spiro atoms. The highest BCUT2D eigenvalue weighted by molar-refractivity contribution is 7.89. The summed E-state index contributed by atoms with van der Waals surface area (Å²) in [5.41, 5.74) is 2.68. The maximum atomic E-state index is 12.0. The minimum absolute atomic E-state index is 0.227. The Bertz CT molecular complexity index is 754. The van der Waals surface area contributed by atoms with Gasteiger partial charge in [-0.1, -0.05) is 19.8 Å². The van der Waals surface area contributed by atoms with Gasteiger partial charge in [0, 0.05) is 43.7 Å². The zero-order valence-corrected chi connectivity index (χ0v) is 17.5. The molecule has 1 unspecified atom stereocenters. The highest BCUT2D eigenvalue weighted by atomic mass is 32.2. The Morgan fingerprint density at radius 3 is 2.70 bits per heavy atom. The zero-order valence-electron chi connectivity index (χ0n) is 16.7. The van der Waals surface area contributed by atoms with Gasteiger partial charge in [0.25, 0.3) is 0 Å². The first-order valence-electron chi connectivity index (χ1n) is 10.7. The van der Waals surface area contributed by atoms with Crippen molar-refractivity contribution in [2.75, 3.05) is 25.4 Å². The molecular weight excluding hydrogens is 360 g/mol. The van der Waals surface area contributed by atoms with Gasteiger partial charge in [0.05, 0.1) is 11.4 Å². The summed E-state index contributed by atoms with van der Waals surface area (Å²) in [6.07, 6.45) is 8.22. The molecule has 3 saturated heterocycles. The highest BCUT2D eigenvalue weighted by Crippen LogP contribution is 2.43. The number of hydrogen-bond acceptors (Lipinski definition) is 4. The molecule has 4 fully saturated rings. The van der Waals surface area contributed by atoms with Gasteiger partial charge in [0.15, 0.2) is 0 Å². The van der Waals surface area contributed by atoms with Crippen LogP contribution in [0.4, 0.5) is 0 Å². The van der Waals surface area contributed by atoms with Crippen LogP contribution >= 0.6 is 0 Å². The molecule has 1 N–H and O–H groups in total. The minimum atomic E-state index is -3.12. The van der Waals surface area contributed by atoms with Crippen LogP contribution in [0.3, 0.4) is 0 Å². The molecule has 1 saturated carbocycles. The monoisotopic (exact) mass is 394 g/mol. The number of nitrogens with one attached hydrogen (secondary N) is 1. The van der Waals surface area contributed by atoms with E-state index in [1.807, 2.05) is 6.92 Å². The second-order valence-electron chi connectivity index (χ2n) is 8.81.